The molecule has 0 spiro atoms. The predicted octanol–water partition coefficient (Wildman–Crippen LogP) is 4.73. The minimum atomic E-state index is 1.14. The summed E-state index contributed by atoms with van der Waals surface area (Å²) >= 11 is 0. The van der Waals surface area contributed by atoms with E-state index in [2.05, 4.69) is 107 Å². The summed E-state index contributed by atoms with van der Waals surface area (Å²) in [6.45, 7) is 2.15. The Hall–Kier alpha value is -3.13. The van der Waals surface area contributed by atoms with E-state index in [1.54, 1.807) is 0 Å². The molecule has 24 heavy (non-hydrogen) atoms. The van der Waals surface area contributed by atoms with Crippen LogP contribution in [0.4, 0.5) is 0 Å². The highest BCUT2D eigenvalue weighted by atomic mass is 15.4. The zero-order chi connectivity index (χ0) is 16.4. The maximum Gasteiger partial charge on any atom is 0.245 e. The van der Waals surface area contributed by atoms with Gasteiger partial charge in [-0.25, -0.2) is 0 Å². The van der Waals surface area contributed by atoms with Gasteiger partial charge in [-0.1, -0.05) is 59.3 Å². The lowest BCUT2D eigenvalue weighted by Gasteiger charge is -2.07. The molecule has 2 nitrogen and oxygen atoms in total. The van der Waals surface area contributed by atoms with E-state index in [4.69, 9.17) is 0 Å². The first-order valence-electron chi connectivity index (χ1n) is 8.15. The van der Waals surface area contributed by atoms with Gasteiger partial charge in [0.25, 0.3) is 0 Å². The summed E-state index contributed by atoms with van der Waals surface area (Å²) in [5.74, 6) is 0. The molecule has 1 aromatic heterocycles. The molecule has 0 aliphatic carbocycles. The van der Waals surface area contributed by atoms with Crippen LogP contribution in [0, 0.1) is 6.92 Å². The van der Waals surface area contributed by atoms with E-state index in [1.807, 2.05) is 6.07 Å². The molecule has 116 valence electrons. The average Bonchev–Trinajstić information content (AvgIpc) is 3.08. The number of para-hydroxylation sites is 2. The van der Waals surface area contributed by atoms with Crippen molar-refractivity contribution in [3.63, 3.8) is 0 Å². The van der Waals surface area contributed by atoms with Crippen molar-refractivity contribution in [3.05, 3.63) is 103 Å². The molecule has 1 heterocycles. The van der Waals surface area contributed by atoms with Crippen molar-refractivity contribution in [3.8, 4) is 22.6 Å². The van der Waals surface area contributed by atoms with Crippen LogP contribution >= 0.6 is 0 Å². The smallest absolute Gasteiger partial charge is 0.122 e. The lowest BCUT2D eigenvalue weighted by Crippen LogP contribution is -2.42. The van der Waals surface area contributed by atoms with E-state index in [0.717, 1.165) is 5.69 Å². The van der Waals surface area contributed by atoms with Crippen molar-refractivity contribution >= 4 is 0 Å². The van der Waals surface area contributed by atoms with Crippen LogP contribution in [0.25, 0.3) is 22.6 Å². The van der Waals surface area contributed by atoms with Crippen molar-refractivity contribution in [1.82, 2.24) is 4.68 Å². The van der Waals surface area contributed by atoms with Gasteiger partial charge in [0.1, 0.15) is 5.69 Å². The molecule has 0 aliphatic heterocycles. The van der Waals surface area contributed by atoms with Crippen molar-refractivity contribution in [2.24, 2.45) is 0 Å². The molecule has 0 amide bonds. The van der Waals surface area contributed by atoms with Crippen molar-refractivity contribution in [2.45, 2.75) is 6.92 Å². The average molecular weight is 311 g/mol. The largest absolute Gasteiger partial charge is 0.245 e. The molecule has 0 bridgehead atoms. The van der Waals surface area contributed by atoms with Gasteiger partial charge in [0.2, 0.25) is 11.4 Å². The van der Waals surface area contributed by atoms with Crippen LogP contribution in [0.3, 0.4) is 0 Å². The number of benzene rings is 3. The second-order valence-electron chi connectivity index (χ2n) is 5.85. The molecule has 0 aliphatic rings. The number of aryl methyl sites for hydroxylation is 1. The Morgan fingerprint density at radius 2 is 1.29 bits per heavy atom. The second kappa shape index (κ2) is 6.17. The Labute approximate surface area is 142 Å². The summed E-state index contributed by atoms with van der Waals surface area (Å²) in [5.41, 5.74) is 5.95. The Morgan fingerprint density at radius 1 is 0.667 bits per heavy atom. The predicted molar refractivity (Wildman–Crippen MR) is 97.5 cm³/mol. The molecule has 0 N–H and O–H groups in total. The standard InChI is InChI=1S/C22H19N2/c1-18-10-8-9-15-21(18)24-22(19-11-4-2-5-12-19)16-17-23(24)20-13-6-3-7-14-20/h2-17H,1H3/q+1. The number of aromatic nitrogens is 2. The van der Waals surface area contributed by atoms with Crippen LogP contribution in [0.15, 0.2) is 97.2 Å². The van der Waals surface area contributed by atoms with Gasteiger partial charge in [-0.05, 0) is 31.2 Å². The van der Waals surface area contributed by atoms with Gasteiger partial charge in [-0.2, -0.15) is 0 Å². The molecule has 0 saturated heterocycles. The Morgan fingerprint density at radius 3 is 2.00 bits per heavy atom. The summed E-state index contributed by atoms with van der Waals surface area (Å²) in [5, 5.41) is 0. The highest BCUT2D eigenvalue weighted by Gasteiger charge is 2.24. The molecule has 0 atom stereocenters. The summed E-state index contributed by atoms with van der Waals surface area (Å²) < 4.78 is 4.48. The van der Waals surface area contributed by atoms with E-state index in [1.165, 1.54) is 22.5 Å². The van der Waals surface area contributed by atoms with E-state index in [9.17, 15) is 0 Å². The van der Waals surface area contributed by atoms with Gasteiger partial charge >= 0.3 is 0 Å². The fourth-order valence-corrected chi connectivity index (χ4v) is 3.05. The van der Waals surface area contributed by atoms with Gasteiger partial charge in [-0.3, -0.25) is 0 Å². The maximum atomic E-state index is 2.28. The van der Waals surface area contributed by atoms with Gasteiger partial charge in [0, 0.05) is 23.3 Å². The van der Waals surface area contributed by atoms with E-state index in [-0.39, 0.29) is 0 Å². The molecule has 3 aromatic carbocycles. The first kappa shape index (κ1) is 14.5. The second-order valence-corrected chi connectivity index (χ2v) is 5.85. The normalized spacial score (nSPS) is 10.7. The zero-order valence-corrected chi connectivity index (χ0v) is 13.6. The number of hydrogen-bond acceptors (Lipinski definition) is 0. The number of nitrogens with zero attached hydrogens (tertiary/aromatic N) is 2. The van der Waals surface area contributed by atoms with Crippen molar-refractivity contribution < 1.29 is 4.68 Å². The molecular formula is C22H19N2+. The van der Waals surface area contributed by atoms with Crippen LogP contribution in [0.2, 0.25) is 0 Å². The highest BCUT2D eigenvalue weighted by Crippen LogP contribution is 2.20. The first-order chi connectivity index (χ1) is 11.8. The number of hydrogen-bond donors (Lipinski definition) is 0. The maximum absolute atomic E-state index is 2.28. The molecule has 0 fully saturated rings. The fourth-order valence-electron chi connectivity index (χ4n) is 3.05. The zero-order valence-electron chi connectivity index (χ0n) is 13.6. The fraction of sp³-hybridized carbons (Fsp3) is 0.0455. The molecular weight excluding hydrogens is 292 g/mol. The van der Waals surface area contributed by atoms with Crippen LogP contribution < -0.4 is 4.68 Å². The Bertz CT molecular complexity index is 897. The quantitative estimate of drug-likeness (QED) is 0.484. The summed E-state index contributed by atoms with van der Waals surface area (Å²) in [6.07, 6.45) is 2.13. The summed E-state index contributed by atoms with van der Waals surface area (Å²) in [6, 6.07) is 31.6. The lowest BCUT2D eigenvalue weighted by molar-refractivity contribution is -0.664. The Balaban J connectivity index is 2.00. The highest BCUT2D eigenvalue weighted by molar-refractivity contribution is 5.57. The summed E-state index contributed by atoms with van der Waals surface area (Å²) in [7, 11) is 0. The third-order valence-electron chi connectivity index (χ3n) is 4.25. The van der Waals surface area contributed by atoms with Gasteiger partial charge in [0.05, 0.1) is 6.20 Å². The van der Waals surface area contributed by atoms with Crippen LogP contribution in [-0.2, 0) is 0 Å². The lowest BCUT2D eigenvalue weighted by atomic mass is 10.1. The SMILES string of the molecule is Cc1ccccc1-[n+]1c(-c2ccccc2)ccn1-c1ccccc1. The molecule has 0 saturated carbocycles. The Kier molecular flexibility index (Phi) is 3.72. The van der Waals surface area contributed by atoms with Crippen LogP contribution in [0.5, 0.6) is 0 Å². The van der Waals surface area contributed by atoms with Gasteiger partial charge in [0.15, 0.2) is 0 Å². The molecule has 4 aromatic rings. The minimum absolute atomic E-state index is 1.14. The molecule has 2 heteroatoms. The number of rotatable bonds is 3. The topological polar surface area (TPSA) is 8.81 Å². The molecule has 0 unspecified atom stereocenters. The first-order valence-corrected chi connectivity index (χ1v) is 8.15. The molecule has 4 rings (SSSR count). The molecule has 0 radical (unpaired) electrons. The van der Waals surface area contributed by atoms with E-state index < -0.39 is 0 Å². The minimum Gasteiger partial charge on any atom is -0.122 e. The van der Waals surface area contributed by atoms with Gasteiger partial charge in [-0.15, -0.1) is 4.68 Å². The summed E-state index contributed by atoms with van der Waals surface area (Å²) in [4.78, 5) is 0. The third kappa shape index (κ3) is 2.52. The third-order valence-corrected chi connectivity index (χ3v) is 4.25. The monoisotopic (exact) mass is 311 g/mol. The van der Waals surface area contributed by atoms with Crippen LogP contribution in [0.1, 0.15) is 5.56 Å². The van der Waals surface area contributed by atoms with Crippen molar-refractivity contribution in [1.29, 1.82) is 0 Å². The van der Waals surface area contributed by atoms with Crippen LogP contribution in [-0.4, -0.2) is 4.68 Å². The van der Waals surface area contributed by atoms with Gasteiger partial charge < -0.3 is 0 Å². The van der Waals surface area contributed by atoms with E-state index >= 15 is 0 Å². The van der Waals surface area contributed by atoms with Crippen molar-refractivity contribution in [2.75, 3.05) is 0 Å². The van der Waals surface area contributed by atoms with E-state index in [0.29, 0.717) is 0 Å².